The van der Waals surface area contributed by atoms with Crippen LogP contribution in [0, 0.1) is 0 Å². The lowest BCUT2D eigenvalue weighted by Crippen LogP contribution is -2.30. The summed E-state index contributed by atoms with van der Waals surface area (Å²) in [5.41, 5.74) is 2.95. The van der Waals surface area contributed by atoms with Crippen molar-refractivity contribution in [2.45, 2.75) is 20.3 Å². The van der Waals surface area contributed by atoms with Crippen LogP contribution >= 0.6 is 22.9 Å². The van der Waals surface area contributed by atoms with Gasteiger partial charge in [0.05, 0.1) is 12.1 Å². The maximum absolute atomic E-state index is 12.4. The van der Waals surface area contributed by atoms with Crippen LogP contribution in [-0.4, -0.2) is 34.8 Å². The third kappa shape index (κ3) is 5.43. The van der Waals surface area contributed by atoms with E-state index >= 15 is 0 Å². The van der Waals surface area contributed by atoms with Gasteiger partial charge in [-0.1, -0.05) is 23.7 Å². The van der Waals surface area contributed by atoms with Gasteiger partial charge in [-0.3, -0.25) is 9.59 Å². The minimum Gasteiger partial charge on any atom is -0.339 e. The van der Waals surface area contributed by atoms with Crippen LogP contribution in [0.15, 0.2) is 53.9 Å². The van der Waals surface area contributed by atoms with Crippen molar-refractivity contribution in [1.29, 1.82) is 0 Å². The summed E-state index contributed by atoms with van der Waals surface area (Å²) in [4.78, 5) is 31.0. The molecule has 3 aromatic rings. The smallest absolute Gasteiger partial charge is 0.253 e. The largest absolute Gasteiger partial charge is 0.339 e. The molecule has 7 heteroatoms. The first-order valence-electron chi connectivity index (χ1n) is 9.39. The number of aromatic nitrogens is 1. The number of nitrogens with zero attached hydrogens (tertiary/aromatic N) is 2. The first-order chi connectivity index (χ1) is 14.0. The molecule has 0 aliphatic carbocycles. The summed E-state index contributed by atoms with van der Waals surface area (Å²) in [6.45, 7) is 5.23. The molecule has 3 rings (SSSR count). The van der Waals surface area contributed by atoms with E-state index in [0.717, 1.165) is 10.6 Å². The molecule has 0 aliphatic rings. The zero-order chi connectivity index (χ0) is 20.8. The highest BCUT2D eigenvalue weighted by molar-refractivity contribution is 7.13. The lowest BCUT2D eigenvalue weighted by atomic mass is 10.1. The zero-order valence-electron chi connectivity index (χ0n) is 16.3. The highest BCUT2D eigenvalue weighted by Crippen LogP contribution is 2.25. The number of hydrogen-bond acceptors (Lipinski definition) is 4. The van der Waals surface area contributed by atoms with Crippen molar-refractivity contribution in [3.8, 4) is 10.6 Å². The number of halogens is 1. The average Bonchev–Trinajstić information content (AvgIpc) is 3.18. The summed E-state index contributed by atoms with van der Waals surface area (Å²) in [6.07, 6.45) is 0.185. The Kier molecular flexibility index (Phi) is 7.01. The second-order valence-corrected chi connectivity index (χ2v) is 7.73. The van der Waals surface area contributed by atoms with E-state index in [1.165, 1.54) is 11.3 Å². The van der Waals surface area contributed by atoms with Gasteiger partial charge in [-0.2, -0.15) is 0 Å². The fourth-order valence-electron chi connectivity index (χ4n) is 2.87. The summed E-state index contributed by atoms with van der Waals surface area (Å²) in [7, 11) is 0. The first kappa shape index (κ1) is 21.0. The monoisotopic (exact) mass is 427 g/mol. The molecular weight excluding hydrogens is 406 g/mol. The molecule has 0 atom stereocenters. The van der Waals surface area contributed by atoms with E-state index in [2.05, 4.69) is 10.3 Å². The minimum absolute atomic E-state index is 0.00919. The number of anilines is 1. The average molecular weight is 428 g/mol. The van der Waals surface area contributed by atoms with Crippen molar-refractivity contribution in [3.05, 3.63) is 70.2 Å². The van der Waals surface area contributed by atoms with E-state index in [4.69, 9.17) is 11.6 Å². The molecule has 1 N–H and O–H groups in total. The van der Waals surface area contributed by atoms with Crippen LogP contribution in [0.2, 0.25) is 5.02 Å². The Morgan fingerprint density at radius 2 is 1.69 bits per heavy atom. The Morgan fingerprint density at radius 3 is 2.31 bits per heavy atom. The number of thiazole rings is 1. The molecule has 0 aliphatic heterocycles. The van der Waals surface area contributed by atoms with Gasteiger partial charge < -0.3 is 10.2 Å². The predicted octanol–water partition coefficient (Wildman–Crippen LogP) is 5.13. The van der Waals surface area contributed by atoms with Gasteiger partial charge in [-0.05, 0) is 50.2 Å². The molecule has 5 nitrogen and oxygen atoms in total. The van der Waals surface area contributed by atoms with Crippen LogP contribution in [0.1, 0.15) is 29.9 Å². The van der Waals surface area contributed by atoms with Crippen LogP contribution in [0.4, 0.5) is 5.69 Å². The van der Waals surface area contributed by atoms with Gasteiger partial charge in [-0.25, -0.2) is 4.98 Å². The maximum Gasteiger partial charge on any atom is 0.253 e. The topological polar surface area (TPSA) is 62.3 Å². The third-order valence-corrected chi connectivity index (χ3v) is 5.64. The van der Waals surface area contributed by atoms with Gasteiger partial charge in [-0.15, -0.1) is 11.3 Å². The molecule has 2 aromatic carbocycles. The van der Waals surface area contributed by atoms with Crippen molar-refractivity contribution < 1.29 is 9.59 Å². The van der Waals surface area contributed by atoms with Crippen LogP contribution in [0.5, 0.6) is 0 Å². The number of nitrogens with one attached hydrogen (secondary N) is 1. The molecule has 2 amide bonds. The molecule has 0 bridgehead atoms. The maximum atomic E-state index is 12.4. The van der Waals surface area contributed by atoms with Gasteiger partial charge in [0.15, 0.2) is 0 Å². The fraction of sp³-hybridized carbons (Fsp3) is 0.227. The lowest BCUT2D eigenvalue weighted by Gasteiger charge is -2.18. The Balaban J connectivity index is 1.60. The van der Waals surface area contributed by atoms with E-state index in [9.17, 15) is 9.59 Å². The summed E-state index contributed by atoms with van der Waals surface area (Å²) in [5.74, 6) is -0.161. The molecule has 1 aromatic heterocycles. The molecule has 0 fully saturated rings. The van der Waals surface area contributed by atoms with E-state index < -0.39 is 0 Å². The summed E-state index contributed by atoms with van der Waals surface area (Å²) < 4.78 is 0. The minimum atomic E-state index is -0.152. The molecule has 1 heterocycles. The van der Waals surface area contributed by atoms with Gasteiger partial charge in [0, 0.05) is 40.3 Å². The lowest BCUT2D eigenvalue weighted by molar-refractivity contribution is -0.115. The van der Waals surface area contributed by atoms with Crippen LogP contribution in [-0.2, 0) is 11.2 Å². The highest BCUT2D eigenvalue weighted by Gasteiger charge is 2.13. The molecular formula is C22H22ClN3O2S. The van der Waals surface area contributed by atoms with E-state index in [0.29, 0.717) is 35.1 Å². The quantitative estimate of drug-likeness (QED) is 0.568. The Bertz CT molecular complexity index is 980. The molecule has 150 valence electrons. The second kappa shape index (κ2) is 9.67. The molecule has 0 unspecified atom stereocenters. The van der Waals surface area contributed by atoms with Crippen molar-refractivity contribution >= 4 is 40.4 Å². The van der Waals surface area contributed by atoms with Crippen molar-refractivity contribution in [2.75, 3.05) is 18.4 Å². The Hall–Kier alpha value is -2.70. The zero-order valence-corrected chi connectivity index (χ0v) is 17.9. The van der Waals surface area contributed by atoms with Gasteiger partial charge >= 0.3 is 0 Å². The molecule has 0 spiro atoms. The van der Waals surface area contributed by atoms with Gasteiger partial charge in [0.1, 0.15) is 5.01 Å². The molecule has 0 radical (unpaired) electrons. The molecule has 0 saturated heterocycles. The first-order valence-corrected chi connectivity index (χ1v) is 10.7. The number of carbonyl (C=O) groups excluding carboxylic acids is 2. The normalized spacial score (nSPS) is 10.6. The second-order valence-electron chi connectivity index (χ2n) is 6.43. The number of benzene rings is 2. The number of carbonyl (C=O) groups is 2. The van der Waals surface area contributed by atoms with Crippen molar-refractivity contribution in [3.63, 3.8) is 0 Å². The highest BCUT2D eigenvalue weighted by atomic mass is 35.5. The van der Waals surface area contributed by atoms with Crippen molar-refractivity contribution in [2.24, 2.45) is 0 Å². The van der Waals surface area contributed by atoms with E-state index in [1.54, 1.807) is 29.2 Å². The predicted molar refractivity (Wildman–Crippen MR) is 119 cm³/mol. The number of hydrogen-bond donors (Lipinski definition) is 1. The van der Waals surface area contributed by atoms with E-state index in [1.807, 2.05) is 43.5 Å². The fourth-order valence-corrected chi connectivity index (χ4v) is 3.82. The van der Waals surface area contributed by atoms with Crippen molar-refractivity contribution in [1.82, 2.24) is 9.88 Å². The SMILES string of the molecule is CCN(CC)C(=O)c1ccc(NC(=O)Cc2csc(-c3ccc(Cl)cc3)n2)cc1. The van der Waals surface area contributed by atoms with Crippen LogP contribution < -0.4 is 5.32 Å². The van der Waals surface area contributed by atoms with E-state index in [-0.39, 0.29) is 18.2 Å². The van der Waals surface area contributed by atoms with Crippen LogP contribution in [0.3, 0.4) is 0 Å². The summed E-state index contributed by atoms with van der Waals surface area (Å²) in [5, 5.41) is 6.26. The van der Waals surface area contributed by atoms with Gasteiger partial charge in [0.2, 0.25) is 5.91 Å². The molecule has 29 heavy (non-hydrogen) atoms. The summed E-state index contributed by atoms with van der Waals surface area (Å²) in [6, 6.07) is 14.4. The number of rotatable bonds is 7. The van der Waals surface area contributed by atoms with Gasteiger partial charge in [0.25, 0.3) is 5.91 Å². The molecule has 0 saturated carbocycles. The van der Waals surface area contributed by atoms with Crippen LogP contribution in [0.25, 0.3) is 10.6 Å². The standard InChI is InChI=1S/C22H22ClN3O2S/c1-3-26(4-2)22(28)16-7-11-18(12-8-16)24-20(27)13-19-14-29-21(25-19)15-5-9-17(23)10-6-15/h5-12,14H,3-4,13H2,1-2H3,(H,24,27). The summed E-state index contributed by atoms with van der Waals surface area (Å²) >= 11 is 7.41. The number of amides is 2. The third-order valence-electron chi connectivity index (χ3n) is 4.45. The Labute approximate surface area is 179 Å². The Morgan fingerprint density at radius 1 is 1.03 bits per heavy atom.